The summed E-state index contributed by atoms with van der Waals surface area (Å²) in [6.45, 7) is 5.30. The van der Waals surface area contributed by atoms with Crippen LogP contribution >= 0.6 is 0 Å². The lowest BCUT2D eigenvalue weighted by molar-refractivity contribution is 0.0828. The number of hydrogen-bond acceptors (Lipinski definition) is 7. The van der Waals surface area contributed by atoms with Gasteiger partial charge in [-0.05, 0) is 49.4 Å². The molecule has 0 radical (unpaired) electrons. The molecule has 0 bridgehead atoms. The van der Waals surface area contributed by atoms with Gasteiger partial charge in [0.25, 0.3) is 0 Å². The third-order valence-electron chi connectivity index (χ3n) is 8.67. The number of benzene rings is 2. The number of nitrogens with two attached hydrogens (primary N) is 1. The van der Waals surface area contributed by atoms with Gasteiger partial charge in [0.2, 0.25) is 0 Å². The molecule has 41 heavy (non-hydrogen) atoms. The number of anilines is 1. The first-order chi connectivity index (χ1) is 20.0. The van der Waals surface area contributed by atoms with Crippen molar-refractivity contribution in [1.29, 1.82) is 0 Å². The first-order valence-corrected chi connectivity index (χ1v) is 14.6. The summed E-state index contributed by atoms with van der Waals surface area (Å²) in [4.78, 5) is 26.3. The molecular weight excluding hydrogens is 514 g/mol. The topological polar surface area (TPSA) is 102 Å². The second-order valence-electron chi connectivity index (χ2n) is 11.3. The van der Waals surface area contributed by atoms with E-state index in [0.29, 0.717) is 24.4 Å². The Balaban J connectivity index is 1.12. The number of piperazine rings is 1. The monoisotopic (exact) mass is 553 g/mol. The van der Waals surface area contributed by atoms with E-state index in [4.69, 9.17) is 10.5 Å². The lowest BCUT2D eigenvalue weighted by Crippen LogP contribution is -2.49. The maximum Gasteiger partial charge on any atom is 0.407 e. The molecule has 1 amide bonds. The van der Waals surface area contributed by atoms with Gasteiger partial charge in [-0.1, -0.05) is 54.6 Å². The molecule has 1 saturated carbocycles. The predicted molar refractivity (Wildman–Crippen MR) is 161 cm³/mol. The van der Waals surface area contributed by atoms with Crippen LogP contribution in [0.3, 0.4) is 0 Å². The van der Waals surface area contributed by atoms with Crippen LogP contribution in [0.5, 0.6) is 0 Å². The number of ether oxygens (including phenoxy) is 1. The maximum absolute atomic E-state index is 12.2. The van der Waals surface area contributed by atoms with Crippen molar-refractivity contribution in [2.75, 3.05) is 39.0 Å². The molecule has 214 valence electrons. The number of carbonyl (C=O) groups excluding carboxylic acids is 1. The van der Waals surface area contributed by atoms with Gasteiger partial charge in [0, 0.05) is 56.6 Å². The molecule has 3 heterocycles. The molecule has 1 aliphatic carbocycles. The van der Waals surface area contributed by atoms with Gasteiger partial charge in [-0.25, -0.2) is 14.8 Å². The molecule has 2 aromatic heterocycles. The number of aromatic nitrogens is 3. The summed E-state index contributed by atoms with van der Waals surface area (Å²) in [6, 6.07) is 18.9. The van der Waals surface area contributed by atoms with Crippen molar-refractivity contribution < 1.29 is 9.53 Å². The highest BCUT2D eigenvalue weighted by atomic mass is 16.5. The highest BCUT2D eigenvalue weighted by molar-refractivity contribution is 6.00. The lowest BCUT2D eigenvalue weighted by Gasteiger charge is -2.41. The van der Waals surface area contributed by atoms with Gasteiger partial charge in [-0.2, -0.15) is 0 Å². The predicted octanol–water partition coefficient (Wildman–Crippen LogP) is 4.84. The van der Waals surface area contributed by atoms with E-state index in [-0.39, 0.29) is 6.61 Å². The van der Waals surface area contributed by atoms with Crippen molar-refractivity contribution in [3.63, 3.8) is 0 Å². The third-order valence-corrected chi connectivity index (χ3v) is 8.67. The van der Waals surface area contributed by atoms with Crippen molar-refractivity contribution in [3.8, 4) is 11.1 Å². The van der Waals surface area contributed by atoms with Gasteiger partial charge in [-0.3, -0.25) is 4.90 Å². The molecule has 4 aromatic rings. The minimum absolute atomic E-state index is 0.247. The Bertz CT molecular complexity index is 1450. The molecule has 9 heteroatoms. The van der Waals surface area contributed by atoms with E-state index in [1.54, 1.807) is 6.33 Å². The number of amides is 1. The zero-order chi connectivity index (χ0) is 28.2. The second kappa shape index (κ2) is 12.3. The summed E-state index contributed by atoms with van der Waals surface area (Å²) in [5, 5.41) is 3.74. The van der Waals surface area contributed by atoms with Crippen molar-refractivity contribution in [1.82, 2.24) is 29.7 Å². The van der Waals surface area contributed by atoms with Crippen LogP contribution in [0.25, 0.3) is 22.2 Å². The fourth-order valence-electron chi connectivity index (χ4n) is 6.24. The van der Waals surface area contributed by atoms with E-state index >= 15 is 0 Å². The van der Waals surface area contributed by atoms with Crippen molar-refractivity contribution in [2.24, 2.45) is 0 Å². The molecule has 2 fully saturated rings. The third kappa shape index (κ3) is 6.21. The largest absolute Gasteiger partial charge is 0.445 e. The maximum atomic E-state index is 12.2. The number of alkyl carbamates (subject to hydrolysis) is 1. The SMILES string of the molecule is CN1CCN(C2CCC(n3cc(-c4ccc(CNC(=O)OCc5ccccc5)cc4)c4c(N)ncnc43)CC2)CC1. The van der Waals surface area contributed by atoms with E-state index in [1.165, 1.54) is 25.9 Å². The highest BCUT2D eigenvalue weighted by Crippen LogP contribution is 2.39. The van der Waals surface area contributed by atoms with Gasteiger partial charge in [0.15, 0.2) is 0 Å². The lowest BCUT2D eigenvalue weighted by atomic mass is 9.89. The van der Waals surface area contributed by atoms with E-state index in [2.05, 4.69) is 55.0 Å². The summed E-state index contributed by atoms with van der Waals surface area (Å²) in [5.41, 5.74) is 11.4. The van der Waals surface area contributed by atoms with Crippen LogP contribution < -0.4 is 11.1 Å². The molecule has 1 aliphatic heterocycles. The molecule has 0 unspecified atom stereocenters. The Morgan fingerprint density at radius 1 is 0.927 bits per heavy atom. The average molecular weight is 554 g/mol. The normalized spacial score (nSPS) is 20.2. The van der Waals surface area contributed by atoms with Gasteiger partial charge < -0.3 is 25.3 Å². The molecule has 9 nitrogen and oxygen atoms in total. The number of fused-ring (bicyclic) bond motifs is 1. The zero-order valence-corrected chi connectivity index (χ0v) is 23.7. The Morgan fingerprint density at radius 2 is 1.63 bits per heavy atom. The Morgan fingerprint density at radius 3 is 2.37 bits per heavy atom. The van der Waals surface area contributed by atoms with Crippen LogP contribution in [0.1, 0.15) is 42.9 Å². The molecular formula is C32H39N7O2. The number of rotatable bonds is 7. The van der Waals surface area contributed by atoms with Crippen LogP contribution in [-0.2, 0) is 17.9 Å². The number of nitrogens with one attached hydrogen (secondary N) is 1. The smallest absolute Gasteiger partial charge is 0.407 e. The summed E-state index contributed by atoms with van der Waals surface area (Å²) in [6.07, 6.45) is 8.03. The molecule has 0 atom stereocenters. The summed E-state index contributed by atoms with van der Waals surface area (Å²) in [5.74, 6) is 0.502. The number of nitrogens with zero attached hydrogens (tertiary/aromatic N) is 5. The van der Waals surface area contributed by atoms with Gasteiger partial charge in [0.1, 0.15) is 24.4 Å². The molecule has 3 N–H and O–H groups in total. The Hall–Kier alpha value is -3.95. The molecule has 2 aliphatic rings. The van der Waals surface area contributed by atoms with Crippen LogP contribution in [0.2, 0.25) is 0 Å². The minimum Gasteiger partial charge on any atom is -0.445 e. The summed E-state index contributed by atoms with van der Waals surface area (Å²) < 4.78 is 7.66. The number of nitrogen functional groups attached to an aromatic ring is 1. The quantitative estimate of drug-likeness (QED) is 0.338. The van der Waals surface area contributed by atoms with E-state index in [0.717, 1.165) is 59.2 Å². The van der Waals surface area contributed by atoms with Crippen LogP contribution in [0.15, 0.2) is 67.1 Å². The molecule has 1 saturated heterocycles. The van der Waals surface area contributed by atoms with Crippen LogP contribution in [-0.4, -0.2) is 69.7 Å². The Kier molecular flexibility index (Phi) is 8.16. The first-order valence-electron chi connectivity index (χ1n) is 14.6. The van der Waals surface area contributed by atoms with Gasteiger partial charge >= 0.3 is 6.09 Å². The van der Waals surface area contributed by atoms with Crippen LogP contribution in [0, 0.1) is 0 Å². The average Bonchev–Trinajstić information content (AvgIpc) is 3.41. The standard InChI is InChI=1S/C32H39N7O2/c1-37-15-17-38(18-16-37)26-11-13-27(14-12-26)39-20-28(29-30(33)35-22-36-31(29)39)25-9-7-23(8-10-25)19-34-32(40)41-21-24-5-3-2-4-6-24/h2-10,20,22,26-27H,11-19,21H2,1H3,(H,34,40)(H2,33,35,36). The molecule has 6 rings (SSSR count). The van der Waals surface area contributed by atoms with Crippen LogP contribution in [0.4, 0.5) is 10.6 Å². The van der Waals surface area contributed by atoms with Crippen molar-refractivity contribution >= 4 is 22.9 Å². The van der Waals surface area contributed by atoms with Gasteiger partial charge in [-0.15, -0.1) is 0 Å². The molecule has 2 aromatic carbocycles. The number of hydrogen-bond donors (Lipinski definition) is 2. The summed E-state index contributed by atoms with van der Waals surface area (Å²) in [7, 11) is 2.21. The fourth-order valence-corrected chi connectivity index (χ4v) is 6.24. The van der Waals surface area contributed by atoms with E-state index in [1.807, 2.05) is 42.5 Å². The number of carbonyl (C=O) groups is 1. The molecule has 0 spiro atoms. The van der Waals surface area contributed by atoms with Gasteiger partial charge in [0.05, 0.1) is 5.39 Å². The fraction of sp³-hybridized carbons (Fsp3) is 0.406. The van der Waals surface area contributed by atoms with Crippen molar-refractivity contribution in [3.05, 3.63) is 78.2 Å². The Labute approximate surface area is 241 Å². The first kappa shape index (κ1) is 27.2. The summed E-state index contributed by atoms with van der Waals surface area (Å²) >= 11 is 0. The second-order valence-corrected chi connectivity index (χ2v) is 11.3. The van der Waals surface area contributed by atoms with E-state index in [9.17, 15) is 4.79 Å². The zero-order valence-electron chi connectivity index (χ0n) is 23.7. The van der Waals surface area contributed by atoms with Crippen molar-refractivity contribution in [2.45, 2.75) is 50.9 Å². The highest BCUT2D eigenvalue weighted by Gasteiger charge is 2.30. The minimum atomic E-state index is -0.437. The number of likely N-dealkylation sites (N-methyl/N-ethyl adjacent to an activating group) is 1. The van der Waals surface area contributed by atoms with E-state index < -0.39 is 6.09 Å².